The minimum Gasteiger partial charge on any atom is -0.455 e. The maximum Gasteiger partial charge on any atom is 0.150 e. The van der Waals surface area contributed by atoms with Crippen LogP contribution in [0.3, 0.4) is 0 Å². The predicted molar refractivity (Wildman–Crippen MR) is 132 cm³/mol. The van der Waals surface area contributed by atoms with Gasteiger partial charge in [0.05, 0.1) is 17.0 Å². The highest BCUT2D eigenvalue weighted by Gasteiger charge is 2.23. The Balaban J connectivity index is 1.57. The number of aromatic nitrogens is 2. The van der Waals surface area contributed by atoms with Crippen LogP contribution in [0.25, 0.3) is 0 Å². The largest absolute Gasteiger partial charge is 0.455 e. The zero-order valence-corrected chi connectivity index (χ0v) is 18.9. The second-order valence-corrected chi connectivity index (χ2v) is 7.86. The van der Waals surface area contributed by atoms with Crippen LogP contribution in [0.2, 0.25) is 0 Å². The number of nitrogen functional groups attached to an aromatic ring is 1. The highest BCUT2D eigenvalue weighted by atomic mass is 16.5. The molecule has 0 radical (unpaired) electrons. The van der Waals surface area contributed by atoms with Crippen LogP contribution in [0, 0.1) is 5.41 Å². The van der Waals surface area contributed by atoms with Crippen molar-refractivity contribution in [3.05, 3.63) is 66.0 Å². The quantitative estimate of drug-likeness (QED) is 0.334. The van der Waals surface area contributed by atoms with Gasteiger partial charge in [0.1, 0.15) is 23.7 Å². The molecule has 6 N–H and O–H groups in total. The lowest BCUT2D eigenvalue weighted by molar-refractivity contribution is 0.164. The molecule has 0 saturated carbocycles. The number of hydrazine groups is 1. The topological polar surface area (TPSA) is 124 Å². The summed E-state index contributed by atoms with van der Waals surface area (Å²) in [4.78, 5) is 8.57. The lowest BCUT2D eigenvalue weighted by Gasteiger charge is -2.32. The molecule has 1 fully saturated rings. The Morgan fingerprint density at radius 3 is 2.55 bits per heavy atom. The first-order valence-electron chi connectivity index (χ1n) is 11.0. The van der Waals surface area contributed by atoms with E-state index in [0.717, 1.165) is 37.4 Å². The van der Waals surface area contributed by atoms with Crippen LogP contribution in [0.5, 0.6) is 11.5 Å². The number of ether oxygens (including phenoxy) is 1. The van der Waals surface area contributed by atoms with Crippen molar-refractivity contribution in [2.45, 2.75) is 18.9 Å². The summed E-state index contributed by atoms with van der Waals surface area (Å²) >= 11 is 0. The number of piperidine rings is 1. The molecule has 172 valence electrons. The molecule has 1 aliphatic rings. The Hall–Kier alpha value is -3.69. The Labute approximate surface area is 193 Å². The highest BCUT2D eigenvalue weighted by Crippen LogP contribution is 2.32. The molecule has 0 amide bonds. The lowest BCUT2D eigenvalue weighted by atomic mass is 10.0. The van der Waals surface area contributed by atoms with Gasteiger partial charge < -0.3 is 21.1 Å². The van der Waals surface area contributed by atoms with Crippen molar-refractivity contribution in [3.8, 4) is 11.5 Å². The van der Waals surface area contributed by atoms with Gasteiger partial charge in [-0.15, -0.1) is 0 Å². The second kappa shape index (κ2) is 10.3. The van der Waals surface area contributed by atoms with Gasteiger partial charge in [-0.25, -0.2) is 15.0 Å². The van der Waals surface area contributed by atoms with Crippen molar-refractivity contribution < 1.29 is 4.74 Å². The summed E-state index contributed by atoms with van der Waals surface area (Å²) in [7, 11) is 3.76. The van der Waals surface area contributed by atoms with Crippen molar-refractivity contribution >= 4 is 23.0 Å². The first-order valence-corrected chi connectivity index (χ1v) is 11.0. The van der Waals surface area contributed by atoms with Gasteiger partial charge >= 0.3 is 0 Å². The molecule has 2 aromatic carbocycles. The molecule has 9 nitrogen and oxygen atoms in total. The summed E-state index contributed by atoms with van der Waals surface area (Å²) in [5.41, 5.74) is 11.6. The number of anilines is 3. The zero-order chi connectivity index (χ0) is 23.2. The van der Waals surface area contributed by atoms with E-state index in [1.54, 1.807) is 0 Å². The van der Waals surface area contributed by atoms with Crippen LogP contribution >= 0.6 is 0 Å². The number of nitrogens with zero attached hydrogens (tertiary/aromatic N) is 3. The maximum atomic E-state index is 8.91. The van der Waals surface area contributed by atoms with E-state index in [4.69, 9.17) is 15.9 Å². The molecule has 1 saturated heterocycles. The Kier molecular flexibility index (Phi) is 7.01. The molecule has 3 aromatic rings. The first-order chi connectivity index (χ1) is 16.1. The van der Waals surface area contributed by atoms with Crippen LogP contribution in [0.15, 0.2) is 54.9 Å². The third kappa shape index (κ3) is 5.21. The van der Waals surface area contributed by atoms with Crippen LogP contribution in [0.1, 0.15) is 24.0 Å². The summed E-state index contributed by atoms with van der Waals surface area (Å²) in [6.07, 6.45) is 3.37. The fourth-order valence-electron chi connectivity index (χ4n) is 3.93. The van der Waals surface area contributed by atoms with Crippen LogP contribution < -0.4 is 26.5 Å². The number of para-hydroxylation sites is 1. The molecule has 1 aliphatic heterocycles. The average Bonchev–Trinajstić information content (AvgIpc) is 2.85. The minimum atomic E-state index is 0.255. The predicted octanol–water partition coefficient (Wildman–Crippen LogP) is 3.32. The standard InChI is InChI=1S/C24H30N8O/c1-27-19-14-16(8-9-20(19)33-18-6-4-3-5-7-18)22(25)21-23(26)29-15-30-24(21)31-17-10-12-32(28-2)13-11-17/h3-9,14-15,17,25,27-28H,10-13H2,1-2H3,(H3,26,29,30,31). The summed E-state index contributed by atoms with van der Waals surface area (Å²) in [5.74, 6) is 2.28. The van der Waals surface area contributed by atoms with Crippen molar-refractivity contribution in [1.29, 1.82) is 5.41 Å². The summed E-state index contributed by atoms with van der Waals surface area (Å²) < 4.78 is 6.00. The van der Waals surface area contributed by atoms with Crippen molar-refractivity contribution in [2.24, 2.45) is 0 Å². The van der Waals surface area contributed by atoms with Crippen molar-refractivity contribution in [2.75, 3.05) is 43.6 Å². The lowest BCUT2D eigenvalue weighted by Crippen LogP contribution is -2.45. The SMILES string of the molecule is CNc1cc(C(=N)c2c(N)ncnc2NC2CCN(NC)CC2)ccc1Oc1ccccc1. The third-order valence-electron chi connectivity index (χ3n) is 5.79. The van der Waals surface area contributed by atoms with Gasteiger partial charge in [-0.2, -0.15) is 0 Å². The third-order valence-corrected chi connectivity index (χ3v) is 5.79. The molecule has 4 rings (SSSR count). The van der Waals surface area contributed by atoms with Crippen LogP contribution in [-0.4, -0.2) is 53.9 Å². The molecule has 9 heteroatoms. The summed E-state index contributed by atoms with van der Waals surface area (Å²) in [5, 5.41) is 17.7. The van der Waals surface area contributed by atoms with Gasteiger partial charge in [0.2, 0.25) is 0 Å². The fourth-order valence-corrected chi connectivity index (χ4v) is 3.93. The minimum absolute atomic E-state index is 0.255. The average molecular weight is 447 g/mol. The molecule has 2 heterocycles. The Morgan fingerprint density at radius 1 is 1.09 bits per heavy atom. The van der Waals surface area contributed by atoms with E-state index in [9.17, 15) is 0 Å². The van der Waals surface area contributed by atoms with Crippen molar-refractivity contribution in [1.82, 2.24) is 20.4 Å². The number of nitrogens with two attached hydrogens (primary N) is 1. The van der Waals surface area contributed by atoms with Gasteiger partial charge in [-0.3, -0.25) is 10.8 Å². The van der Waals surface area contributed by atoms with E-state index in [-0.39, 0.29) is 17.6 Å². The summed E-state index contributed by atoms with van der Waals surface area (Å²) in [6, 6.07) is 15.4. The molecular formula is C24H30N8O. The van der Waals surface area contributed by atoms with E-state index < -0.39 is 0 Å². The van der Waals surface area contributed by atoms with E-state index in [1.807, 2.05) is 62.6 Å². The molecule has 0 unspecified atom stereocenters. The van der Waals surface area contributed by atoms with E-state index in [0.29, 0.717) is 22.7 Å². The van der Waals surface area contributed by atoms with E-state index in [2.05, 4.69) is 31.0 Å². The smallest absolute Gasteiger partial charge is 0.150 e. The van der Waals surface area contributed by atoms with Gasteiger partial charge in [0.25, 0.3) is 0 Å². The van der Waals surface area contributed by atoms with E-state index in [1.165, 1.54) is 6.33 Å². The number of hydrogen-bond donors (Lipinski definition) is 5. The van der Waals surface area contributed by atoms with Crippen molar-refractivity contribution in [3.63, 3.8) is 0 Å². The monoisotopic (exact) mass is 446 g/mol. The van der Waals surface area contributed by atoms with Crippen LogP contribution in [-0.2, 0) is 0 Å². The van der Waals surface area contributed by atoms with Gasteiger partial charge in [0.15, 0.2) is 5.75 Å². The highest BCUT2D eigenvalue weighted by molar-refractivity contribution is 6.16. The number of benzene rings is 2. The first kappa shape index (κ1) is 22.5. The zero-order valence-electron chi connectivity index (χ0n) is 18.9. The number of rotatable bonds is 8. The molecule has 0 aliphatic carbocycles. The fraction of sp³-hybridized carbons (Fsp3) is 0.292. The van der Waals surface area contributed by atoms with E-state index >= 15 is 0 Å². The second-order valence-electron chi connectivity index (χ2n) is 7.86. The number of nitrogens with one attached hydrogen (secondary N) is 4. The normalized spacial score (nSPS) is 14.6. The van der Waals surface area contributed by atoms with Crippen LogP contribution in [0.4, 0.5) is 17.3 Å². The molecular weight excluding hydrogens is 416 g/mol. The Bertz CT molecular complexity index is 1100. The Morgan fingerprint density at radius 2 is 1.85 bits per heavy atom. The summed E-state index contributed by atoms with van der Waals surface area (Å²) in [6.45, 7) is 1.88. The molecule has 33 heavy (non-hydrogen) atoms. The molecule has 0 atom stereocenters. The van der Waals surface area contributed by atoms with Gasteiger partial charge in [0, 0.05) is 31.7 Å². The number of hydrogen-bond acceptors (Lipinski definition) is 9. The van der Waals surface area contributed by atoms with Gasteiger partial charge in [-0.05, 0) is 50.2 Å². The van der Waals surface area contributed by atoms with Gasteiger partial charge in [-0.1, -0.05) is 18.2 Å². The molecule has 0 bridgehead atoms. The molecule has 1 aromatic heterocycles. The molecule has 0 spiro atoms. The maximum absolute atomic E-state index is 8.91.